The molecule has 1 unspecified atom stereocenters. The highest BCUT2D eigenvalue weighted by molar-refractivity contribution is 6.30. The normalized spacial score (nSPS) is 11.7. The van der Waals surface area contributed by atoms with Crippen LogP contribution in [-0.2, 0) is 4.79 Å². The number of aryl methyl sites for hydroxylation is 1. The number of carbonyl (C=O) groups is 2. The van der Waals surface area contributed by atoms with Crippen molar-refractivity contribution in [2.45, 2.75) is 13.0 Å². The first kappa shape index (κ1) is 15.1. The van der Waals surface area contributed by atoms with Crippen molar-refractivity contribution in [1.82, 2.24) is 5.32 Å². The second-order valence-corrected chi connectivity index (χ2v) is 5.05. The summed E-state index contributed by atoms with van der Waals surface area (Å²) >= 11 is 5.85. The van der Waals surface area contributed by atoms with Crippen molar-refractivity contribution in [3.05, 3.63) is 70.2 Å². The van der Waals surface area contributed by atoms with E-state index >= 15 is 0 Å². The molecule has 2 aromatic carbocycles. The van der Waals surface area contributed by atoms with Crippen LogP contribution < -0.4 is 5.32 Å². The van der Waals surface area contributed by atoms with E-state index in [1.54, 1.807) is 55.5 Å². The van der Waals surface area contributed by atoms with Gasteiger partial charge in [-0.05, 0) is 36.2 Å². The summed E-state index contributed by atoms with van der Waals surface area (Å²) in [5.41, 5.74) is 1.61. The fraction of sp³-hybridized carbons (Fsp3) is 0.125. The topological polar surface area (TPSA) is 66.4 Å². The molecule has 1 amide bonds. The zero-order valence-corrected chi connectivity index (χ0v) is 12.1. The first-order valence-corrected chi connectivity index (χ1v) is 6.71. The summed E-state index contributed by atoms with van der Waals surface area (Å²) in [4.78, 5) is 23.6. The Morgan fingerprint density at radius 2 is 1.81 bits per heavy atom. The predicted octanol–water partition coefficient (Wildman–Crippen LogP) is 3.20. The lowest BCUT2D eigenvalue weighted by atomic mass is 10.0. The van der Waals surface area contributed by atoms with Crippen LogP contribution >= 0.6 is 11.6 Å². The maximum atomic E-state index is 12.2. The number of benzene rings is 2. The van der Waals surface area contributed by atoms with Crippen molar-refractivity contribution < 1.29 is 14.7 Å². The maximum absolute atomic E-state index is 12.2. The number of carboxylic acid groups (broad SMARTS) is 1. The zero-order valence-electron chi connectivity index (χ0n) is 11.3. The molecule has 0 aliphatic rings. The smallest absolute Gasteiger partial charge is 0.330 e. The van der Waals surface area contributed by atoms with E-state index in [-0.39, 0.29) is 0 Å². The molecule has 0 bridgehead atoms. The van der Waals surface area contributed by atoms with Gasteiger partial charge in [0.05, 0.1) is 0 Å². The molecule has 0 saturated carbocycles. The molecule has 0 radical (unpaired) electrons. The zero-order chi connectivity index (χ0) is 15.4. The lowest BCUT2D eigenvalue weighted by molar-refractivity contribution is -0.139. The molecule has 0 spiro atoms. The van der Waals surface area contributed by atoms with E-state index in [1.165, 1.54) is 0 Å². The molecule has 0 fully saturated rings. The molecule has 108 valence electrons. The SMILES string of the molecule is Cc1cc(Cl)ccc1C(=O)NC(C(=O)O)c1ccccc1. The Labute approximate surface area is 127 Å². The van der Waals surface area contributed by atoms with Gasteiger partial charge in [0.25, 0.3) is 5.91 Å². The van der Waals surface area contributed by atoms with E-state index in [4.69, 9.17) is 11.6 Å². The van der Waals surface area contributed by atoms with Gasteiger partial charge in [-0.25, -0.2) is 4.79 Å². The highest BCUT2D eigenvalue weighted by Crippen LogP contribution is 2.18. The second-order valence-electron chi connectivity index (χ2n) is 4.61. The number of carboxylic acids is 1. The van der Waals surface area contributed by atoms with Gasteiger partial charge in [0.1, 0.15) is 0 Å². The van der Waals surface area contributed by atoms with Crippen LogP contribution in [0, 0.1) is 6.92 Å². The molecule has 5 heteroatoms. The third-order valence-electron chi connectivity index (χ3n) is 3.09. The Balaban J connectivity index is 2.25. The van der Waals surface area contributed by atoms with Crippen molar-refractivity contribution in [1.29, 1.82) is 0 Å². The summed E-state index contributed by atoms with van der Waals surface area (Å²) in [6.07, 6.45) is 0. The number of halogens is 1. The Morgan fingerprint density at radius 3 is 2.38 bits per heavy atom. The van der Waals surface area contributed by atoms with Gasteiger partial charge in [-0.3, -0.25) is 4.79 Å². The van der Waals surface area contributed by atoms with Gasteiger partial charge in [0.15, 0.2) is 6.04 Å². The molecule has 4 nitrogen and oxygen atoms in total. The number of carbonyl (C=O) groups excluding carboxylic acids is 1. The van der Waals surface area contributed by atoms with E-state index in [1.807, 2.05) is 0 Å². The van der Waals surface area contributed by atoms with Crippen LogP contribution in [0.15, 0.2) is 48.5 Å². The van der Waals surface area contributed by atoms with Gasteiger partial charge in [0, 0.05) is 10.6 Å². The van der Waals surface area contributed by atoms with Crippen LogP contribution in [-0.4, -0.2) is 17.0 Å². The summed E-state index contributed by atoms with van der Waals surface area (Å²) in [7, 11) is 0. The van der Waals surface area contributed by atoms with Crippen LogP contribution in [0.25, 0.3) is 0 Å². The summed E-state index contributed by atoms with van der Waals surface area (Å²) < 4.78 is 0. The Bertz CT molecular complexity index is 670. The number of amides is 1. The van der Waals surface area contributed by atoms with E-state index < -0.39 is 17.9 Å². The summed E-state index contributed by atoms with van der Waals surface area (Å²) in [5.74, 6) is -1.55. The van der Waals surface area contributed by atoms with E-state index in [9.17, 15) is 14.7 Å². The van der Waals surface area contributed by atoms with Crippen LogP contribution in [0.4, 0.5) is 0 Å². The maximum Gasteiger partial charge on any atom is 0.330 e. The molecule has 0 aliphatic carbocycles. The first-order chi connectivity index (χ1) is 9.99. The lowest BCUT2D eigenvalue weighted by Crippen LogP contribution is -2.34. The van der Waals surface area contributed by atoms with Crippen molar-refractivity contribution >= 4 is 23.5 Å². The summed E-state index contributed by atoms with van der Waals surface area (Å²) in [6.45, 7) is 1.75. The van der Waals surface area contributed by atoms with Gasteiger partial charge >= 0.3 is 5.97 Å². The number of aliphatic carboxylic acids is 1. The highest BCUT2D eigenvalue weighted by atomic mass is 35.5. The van der Waals surface area contributed by atoms with Gasteiger partial charge in [-0.15, -0.1) is 0 Å². The second kappa shape index (κ2) is 6.41. The molecule has 0 aliphatic heterocycles. The molecule has 2 N–H and O–H groups in total. The number of rotatable bonds is 4. The molecule has 2 aromatic rings. The Morgan fingerprint density at radius 1 is 1.14 bits per heavy atom. The third-order valence-corrected chi connectivity index (χ3v) is 3.32. The van der Waals surface area contributed by atoms with Gasteiger partial charge < -0.3 is 10.4 Å². The fourth-order valence-corrected chi connectivity index (χ4v) is 2.25. The molecule has 0 heterocycles. The average molecular weight is 304 g/mol. The van der Waals surface area contributed by atoms with Gasteiger partial charge in [-0.1, -0.05) is 41.9 Å². The molecule has 1 atom stereocenters. The van der Waals surface area contributed by atoms with Gasteiger partial charge in [-0.2, -0.15) is 0 Å². The molecular weight excluding hydrogens is 290 g/mol. The first-order valence-electron chi connectivity index (χ1n) is 6.34. The molecule has 21 heavy (non-hydrogen) atoms. The number of nitrogens with one attached hydrogen (secondary N) is 1. The van der Waals surface area contributed by atoms with Crippen molar-refractivity contribution in [3.8, 4) is 0 Å². The minimum atomic E-state index is -1.11. The minimum absolute atomic E-state index is 0.404. The Hall–Kier alpha value is -2.33. The minimum Gasteiger partial charge on any atom is -0.479 e. The van der Waals surface area contributed by atoms with Gasteiger partial charge in [0.2, 0.25) is 0 Å². The molecule has 2 rings (SSSR count). The highest BCUT2D eigenvalue weighted by Gasteiger charge is 2.23. The Kier molecular flexibility index (Phi) is 4.60. The third kappa shape index (κ3) is 3.61. The van der Waals surface area contributed by atoms with E-state index in [0.717, 1.165) is 0 Å². The lowest BCUT2D eigenvalue weighted by Gasteiger charge is -2.15. The molecule has 0 aromatic heterocycles. The largest absolute Gasteiger partial charge is 0.479 e. The summed E-state index contributed by atoms with van der Waals surface area (Å²) in [5, 5.41) is 12.4. The quantitative estimate of drug-likeness (QED) is 0.911. The van der Waals surface area contributed by atoms with Crippen LogP contribution in [0.5, 0.6) is 0 Å². The number of hydrogen-bond acceptors (Lipinski definition) is 2. The van der Waals surface area contributed by atoms with E-state index in [0.29, 0.717) is 21.7 Å². The van der Waals surface area contributed by atoms with Crippen molar-refractivity contribution in [2.24, 2.45) is 0 Å². The number of hydrogen-bond donors (Lipinski definition) is 2. The average Bonchev–Trinajstić information content (AvgIpc) is 2.45. The standard InChI is InChI=1S/C16H14ClNO3/c1-10-9-12(17)7-8-13(10)15(19)18-14(16(20)21)11-5-3-2-4-6-11/h2-9,14H,1H3,(H,18,19)(H,20,21). The van der Waals surface area contributed by atoms with Crippen molar-refractivity contribution in [2.75, 3.05) is 0 Å². The van der Waals surface area contributed by atoms with E-state index in [2.05, 4.69) is 5.32 Å². The van der Waals surface area contributed by atoms with Crippen molar-refractivity contribution in [3.63, 3.8) is 0 Å². The monoisotopic (exact) mass is 303 g/mol. The van der Waals surface area contributed by atoms with Crippen LogP contribution in [0.1, 0.15) is 27.5 Å². The van der Waals surface area contributed by atoms with Crippen LogP contribution in [0.3, 0.4) is 0 Å². The molecular formula is C16H14ClNO3. The fourth-order valence-electron chi connectivity index (χ4n) is 2.02. The predicted molar refractivity (Wildman–Crippen MR) is 80.5 cm³/mol. The summed E-state index contributed by atoms with van der Waals surface area (Å²) in [6, 6.07) is 12.3. The molecule has 0 saturated heterocycles. The van der Waals surface area contributed by atoms with Crippen LogP contribution in [0.2, 0.25) is 5.02 Å².